The predicted octanol–water partition coefficient (Wildman–Crippen LogP) is 2.68. The number of aromatic nitrogens is 2. The first-order valence-electron chi connectivity index (χ1n) is 6.40. The minimum absolute atomic E-state index is 0.300. The van der Waals surface area contributed by atoms with Gasteiger partial charge in [-0.1, -0.05) is 29.8 Å². The summed E-state index contributed by atoms with van der Waals surface area (Å²) < 4.78 is 7.88. The Kier molecular flexibility index (Phi) is 4.39. The van der Waals surface area contributed by atoms with E-state index in [4.69, 9.17) is 17.0 Å². The molecular weight excluding hydrogens is 270 g/mol. The van der Waals surface area contributed by atoms with Gasteiger partial charge in [-0.05, 0) is 19.1 Å². The second-order valence-electron chi connectivity index (χ2n) is 4.97. The number of ether oxygens (including phenoxy) is 1. The molecule has 0 fully saturated rings. The monoisotopic (exact) mass is 289 g/mol. The maximum atomic E-state index is 5.94. The summed E-state index contributed by atoms with van der Waals surface area (Å²) in [6.07, 6.45) is 3.36. The van der Waals surface area contributed by atoms with Gasteiger partial charge in [0.1, 0.15) is 0 Å². The Balaban J connectivity index is 2.36. The molecule has 0 aliphatic carbocycles. The van der Waals surface area contributed by atoms with Crippen LogP contribution in [0.4, 0.5) is 0 Å². The van der Waals surface area contributed by atoms with E-state index >= 15 is 0 Å². The average Bonchev–Trinajstić information content (AvgIpc) is 2.83. The summed E-state index contributed by atoms with van der Waals surface area (Å²) in [7, 11) is 5.69. The quantitative estimate of drug-likeness (QED) is 0.813. The Bertz CT molecular complexity index is 589. The fourth-order valence-corrected chi connectivity index (χ4v) is 1.94. The zero-order chi connectivity index (χ0) is 14.7. The van der Waals surface area contributed by atoms with Crippen molar-refractivity contribution in [3.63, 3.8) is 0 Å². The van der Waals surface area contributed by atoms with E-state index in [1.807, 2.05) is 44.0 Å². The average molecular weight is 289 g/mol. The van der Waals surface area contributed by atoms with Crippen LogP contribution in [0.3, 0.4) is 0 Å². The van der Waals surface area contributed by atoms with Gasteiger partial charge in [0.05, 0.1) is 0 Å². The Morgan fingerprint density at radius 3 is 2.45 bits per heavy atom. The third-order valence-electron chi connectivity index (χ3n) is 3.06. The van der Waals surface area contributed by atoms with Gasteiger partial charge in [0.25, 0.3) is 5.17 Å². The molecule has 1 aromatic heterocycles. The molecule has 0 bridgehead atoms. The van der Waals surface area contributed by atoms with Crippen LogP contribution < -0.4 is 0 Å². The van der Waals surface area contributed by atoms with Crippen molar-refractivity contribution in [1.29, 1.82) is 0 Å². The van der Waals surface area contributed by atoms with Crippen LogP contribution in [-0.4, -0.2) is 33.7 Å². The number of hydrogen-bond donors (Lipinski definition) is 0. The number of hydrogen-bond acceptors (Lipinski definition) is 3. The highest BCUT2D eigenvalue weighted by atomic mass is 32.1. The van der Waals surface area contributed by atoms with Gasteiger partial charge >= 0.3 is 0 Å². The van der Waals surface area contributed by atoms with E-state index in [9.17, 15) is 0 Å². The molecule has 20 heavy (non-hydrogen) atoms. The van der Waals surface area contributed by atoms with Crippen LogP contribution in [0.25, 0.3) is 0 Å². The van der Waals surface area contributed by atoms with E-state index in [-0.39, 0.29) is 6.10 Å². The van der Waals surface area contributed by atoms with Crippen LogP contribution in [0.5, 0.6) is 0 Å². The Morgan fingerprint density at radius 2 is 1.95 bits per heavy atom. The van der Waals surface area contributed by atoms with Gasteiger partial charge in [0.2, 0.25) is 0 Å². The number of imidazole rings is 1. The Labute approximate surface area is 125 Å². The standard InChI is InChI=1S/C15H19N3OS/c1-11-5-7-12(8-6-11)13(19-15(20)17(2)3)14-16-9-10-18(14)4/h5-10,13H,1-4H3. The third kappa shape index (κ3) is 3.17. The summed E-state index contributed by atoms with van der Waals surface area (Å²) in [4.78, 5) is 6.16. The van der Waals surface area contributed by atoms with Crippen LogP contribution in [0.1, 0.15) is 23.1 Å². The highest BCUT2D eigenvalue weighted by molar-refractivity contribution is 7.80. The minimum atomic E-state index is -0.300. The number of benzene rings is 1. The molecular formula is C15H19N3OS. The molecule has 1 unspecified atom stereocenters. The molecule has 0 spiro atoms. The molecule has 0 aliphatic rings. The first kappa shape index (κ1) is 14.5. The van der Waals surface area contributed by atoms with Gasteiger partial charge in [-0.3, -0.25) is 0 Å². The van der Waals surface area contributed by atoms with Crippen molar-refractivity contribution in [2.75, 3.05) is 14.1 Å². The molecule has 0 radical (unpaired) electrons. The topological polar surface area (TPSA) is 30.3 Å². The van der Waals surface area contributed by atoms with Gasteiger partial charge < -0.3 is 14.2 Å². The molecule has 0 aliphatic heterocycles. The van der Waals surface area contributed by atoms with E-state index in [0.29, 0.717) is 5.17 Å². The molecule has 0 N–H and O–H groups in total. The zero-order valence-electron chi connectivity index (χ0n) is 12.2. The van der Waals surface area contributed by atoms with Gasteiger partial charge in [0, 0.05) is 39.1 Å². The molecule has 106 valence electrons. The van der Waals surface area contributed by atoms with E-state index < -0.39 is 0 Å². The largest absolute Gasteiger partial charge is 0.454 e. The van der Waals surface area contributed by atoms with Crippen molar-refractivity contribution in [2.24, 2.45) is 7.05 Å². The van der Waals surface area contributed by atoms with Crippen molar-refractivity contribution in [1.82, 2.24) is 14.5 Å². The fraction of sp³-hybridized carbons (Fsp3) is 0.333. The lowest BCUT2D eigenvalue weighted by Crippen LogP contribution is -2.26. The molecule has 2 aromatic rings. The van der Waals surface area contributed by atoms with E-state index in [2.05, 4.69) is 24.0 Å². The SMILES string of the molecule is Cc1ccc(C(OC(=S)N(C)C)c2nccn2C)cc1. The van der Waals surface area contributed by atoms with Crippen molar-refractivity contribution in [3.05, 3.63) is 53.6 Å². The summed E-state index contributed by atoms with van der Waals surface area (Å²) in [5.41, 5.74) is 2.25. The van der Waals surface area contributed by atoms with Gasteiger partial charge in [-0.15, -0.1) is 0 Å². The Hall–Kier alpha value is -1.88. The van der Waals surface area contributed by atoms with E-state index in [1.165, 1.54) is 5.56 Å². The number of aryl methyl sites for hydroxylation is 2. The maximum absolute atomic E-state index is 5.94. The second kappa shape index (κ2) is 6.05. The fourth-order valence-electron chi connectivity index (χ4n) is 1.85. The van der Waals surface area contributed by atoms with Crippen molar-refractivity contribution in [3.8, 4) is 0 Å². The molecule has 4 nitrogen and oxygen atoms in total. The van der Waals surface area contributed by atoms with Gasteiger partial charge in [-0.25, -0.2) is 4.98 Å². The predicted molar refractivity (Wildman–Crippen MR) is 83.6 cm³/mol. The third-order valence-corrected chi connectivity index (χ3v) is 3.52. The minimum Gasteiger partial charge on any atom is -0.454 e. The van der Waals surface area contributed by atoms with Crippen molar-refractivity contribution < 1.29 is 4.74 Å². The first-order chi connectivity index (χ1) is 9.49. The highest BCUT2D eigenvalue weighted by Gasteiger charge is 2.22. The summed E-state index contributed by atoms with van der Waals surface area (Å²) in [6.45, 7) is 2.06. The van der Waals surface area contributed by atoms with E-state index in [1.54, 1.807) is 11.1 Å². The Morgan fingerprint density at radius 1 is 1.30 bits per heavy atom. The zero-order valence-corrected chi connectivity index (χ0v) is 13.0. The van der Waals surface area contributed by atoms with E-state index in [0.717, 1.165) is 11.4 Å². The summed E-state index contributed by atoms with van der Waals surface area (Å²) in [6, 6.07) is 8.22. The molecule has 0 amide bonds. The van der Waals surface area contributed by atoms with Crippen LogP contribution >= 0.6 is 12.2 Å². The van der Waals surface area contributed by atoms with Crippen molar-refractivity contribution >= 4 is 17.4 Å². The van der Waals surface area contributed by atoms with Crippen LogP contribution in [0.2, 0.25) is 0 Å². The van der Waals surface area contributed by atoms with Gasteiger partial charge in [-0.2, -0.15) is 0 Å². The van der Waals surface area contributed by atoms with Gasteiger partial charge in [0.15, 0.2) is 11.9 Å². The molecule has 1 atom stereocenters. The number of nitrogens with zero attached hydrogens (tertiary/aromatic N) is 3. The number of thiocarbonyl (C=S) groups is 1. The molecule has 1 heterocycles. The summed E-state index contributed by atoms with van der Waals surface area (Å²) in [5, 5.41) is 0.443. The van der Waals surface area contributed by atoms with Crippen LogP contribution in [0, 0.1) is 6.92 Å². The lowest BCUT2D eigenvalue weighted by molar-refractivity contribution is 0.195. The molecule has 0 saturated heterocycles. The molecule has 0 saturated carbocycles. The lowest BCUT2D eigenvalue weighted by Gasteiger charge is -2.23. The normalized spacial score (nSPS) is 12.0. The second-order valence-corrected chi connectivity index (χ2v) is 5.31. The maximum Gasteiger partial charge on any atom is 0.259 e. The van der Waals surface area contributed by atoms with Crippen LogP contribution in [0.15, 0.2) is 36.7 Å². The number of rotatable bonds is 3. The van der Waals surface area contributed by atoms with Crippen molar-refractivity contribution in [2.45, 2.75) is 13.0 Å². The highest BCUT2D eigenvalue weighted by Crippen LogP contribution is 2.25. The van der Waals surface area contributed by atoms with Crippen LogP contribution in [-0.2, 0) is 11.8 Å². The summed E-state index contributed by atoms with van der Waals surface area (Å²) >= 11 is 5.26. The summed E-state index contributed by atoms with van der Waals surface area (Å²) in [5.74, 6) is 0.832. The first-order valence-corrected chi connectivity index (χ1v) is 6.81. The molecule has 5 heteroatoms. The molecule has 2 rings (SSSR count). The smallest absolute Gasteiger partial charge is 0.259 e. The molecule has 1 aromatic carbocycles. The lowest BCUT2D eigenvalue weighted by atomic mass is 10.1.